The molecule has 1 saturated heterocycles. The zero-order valence-corrected chi connectivity index (χ0v) is 10.1. The molecule has 0 aromatic rings. The number of nitrogens with zero attached hydrogens (tertiary/aromatic N) is 1. The second-order valence-corrected chi connectivity index (χ2v) is 4.90. The third kappa shape index (κ3) is 4.43. The van der Waals surface area contributed by atoms with Crippen molar-refractivity contribution in [1.82, 2.24) is 10.2 Å². The van der Waals surface area contributed by atoms with Crippen LogP contribution in [0.2, 0.25) is 0 Å². The molecule has 2 nitrogen and oxygen atoms in total. The first-order valence-electron chi connectivity index (χ1n) is 6.18. The molecule has 0 amide bonds. The first-order chi connectivity index (χ1) is 6.72. The molecule has 1 heterocycles. The van der Waals surface area contributed by atoms with E-state index in [9.17, 15) is 0 Å². The molecule has 0 aromatic heterocycles. The van der Waals surface area contributed by atoms with Gasteiger partial charge in [0.25, 0.3) is 0 Å². The molecule has 0 spiro atoms. The monoisotopic (exact) mass is 198 g/mol. The van der Waals surface area contributed by atoms with Gasteiger partial charge >= 0.3 is 0 Å². The van der Waals surface area contributed by atoms with Crippen LogP contribution in [0.4, 0.5) is 0 Å². The molecule has 1 atom stereocenters. The highest BCUT2D eigenvalue weighted by Crippen LogP contribution is 2.07. The lowest BCUT2D eigenvalue weighted by atomic mass is 10.1. The minimum absolute atomic E-state index is 0.727. The van der Waals surface area contributed by atoms with E-state index in [-0.39, 0.29) is 0 Å². The molecule has 1 fully saturated rings. The zero-order chi connectivity index (χ0) is 10.4. The summed E-state index contributed by atoms with van der Waals surface area (Å²) in [4.78, 5) is 2.63. The molecule has 84 valence electrons. The van der Waals surface area contributed by atoms with Gasteiger partial charge in [-0.15, -0.1) is 0 Å². The van der Waals surface area contributed by atoms with E-state index >= 15 is 0 Å². The molecule has 2 heteroatoms. The highest BCUT2D eigenvalue weighted by molar-refractivity contribution is 4.75. The fourth-order valence-corrected chi connectivity index (χ4v) is 1.99. The standard InChI is InChI=1S/C12H26N2/c1-4-12-10-14(8-5-7-13-12)9-6-11(2)3/h11-13H,4-10H2,1-3H3. The Bertz CT molecular complexity index is 145. The summed E-state index contributed by atoms with van der Waals surface area (Å²) >= 11 is 0. The highest BCUT2D eigenvalue weighted by Gasteiger charge is 2.15. The van der Waals surface area contributed by atoms with Crippen LogP contribution in [0.15, 0.2) is 0 Å². The lowest BCUT2D eigenvalue weighted by Crippen LogP contribution is -2.37. The summed E-state index contributed by atoms with van der Waals surface area (Å²) in [7, 11) is 0. The maximum absolute atomic E-state index is 3.61. The molecule has 0 radical (unpaired) electrons. The zero-order valence-electron chi connectivity index (χ0n) is 10.1. The van der Waals surface area contributed by atoms with Gasteiger partial charge in [-0.2, -0.15) is 0 Å². The van der Waals surface area contributed by atoms with Gasteiger partial charge in [-0.1, -0.05) is 20.8 Å². The molecule has 0 saturated carbocycles. The number of rotatable bonds is 4. The second-order valence-electron chi connectivity index (χ2n) is 4.90. The smallest absolute Gasteiger partial charge is 0.0192 e. The summed E-state index contributed by atoms with van der Waals surface area (Å²) in [6.45, 7) is 11.9. The highest BCUT2D eigenvalue weighted by atomic mass is 15.2. The normalized spacial score (nSPS) is 25.3. The molecule has 14 heavy (non-hydrogen) atoms. The van der Waals surface area contributed by atoms with Gasteiger partial charge in [-0.05, 0) is 44.8 Å². The van der Waals surface area contributed by atoms with E-state index in [0.29, 0.717) is 0 Å². The molecule has 0 bridgehead atoms. The Morgan fingerprint density at radius 2 is 2.21 bits per heavy atom. The molecule has 1 unspecified atom stereocenters. The van der Waals surface area contributed by atoms with Crippen LogP contribution < -0.4 is 5.32 Å². The van der Waals surface area contributed by atoms with Gasteiger partial charge in [0.2, 0.25) is 0 Å². The van der Waals surface area contributed by atoms with Gasteiger partial charge in [-0.25, -0.2) is 0 Å². The van der Waals surface area contributed by atoms with E-state index in [0.717, 1.165) is 12.0 Å². The van der Waals surface area contributed by atoms with Gasteiger partial charge in [0.1, 0.15) is 0 Å². The van der Waals surface area contributed by atoms with Gasteiger partial charge < -0.3 is 10.2 Å². The first-order valence-corrected chi connectivity index (χ1v) is 6.18. The van der Waals surface area contributed by atoms with E-state index in [2.05, 4.69) is 31.0 Å². The van der Waals surface area contributed by atoms with Crippen molar-refractivity contribution in [2.24, 2.45) is 5.92 Å². The largest absolute Gasteiger partial charge is 0.313 e. The van der Waals surface area contributed by atoms with Crippen molar-refractivity contribution >= 4 is 0 Å². The van der Waals surface area contributed by atoms with Crippen LogP contribution in [-0.4, -0.2) is 37.1 Å². The van der Waals surface area contributed by atoms with Gasteiger partial charge in [0.05, 0.1) is 0 Å². The van der Waals surface area contributed by atoms with E-state index in [1.807, 2.05) is 0 Å². The first kappa shape index (κ1) is 12.0. The predicted molar refractivity (Wildman–Crippen MR) is 62.6 cm³/mol. The summed E-state index contributed by atoms with van der Waals surface area (Å²) in [5.41, 5.74) is 0. The van der Waals surface area contributed by atoms with Crippen LogP contribution in [0.1, 0.15) is 40.0 Å². The molecule has 1 aliphatic heterocycles. The van der Waals surface area contributed by atoms with E-state index in [1.165, 1.54) is 45.4 Å². The molecular formula is C12H26N2. The SMILES string of the molecule is CCC1CN(CCC(C)C)CCCN1. The number of nitrogens with one attached hydrogen (secondary N) is 1. The van der Waals surface area contributed by atoms with Crippen LogP contribution in [-0.2, 0) is 0 Å². The summed E-state index contributed by atoms with van der Waals surface area (Å²) in [5, 5.41) is 3.61. The molecular weight excluding hydrogens is 172 g/mol. The van der Waals surface area contributed by atoms with Crippen molar-refractivity contribution in [2.75, 3.05) is 26.2 Å². The van der Waals surface area contributed by atoms with Crippen molar-refractivity contribution in [2.45, 2.75) is 46.1 Å². The Balaban J connectivity index is 2.27. The maximum atomic E-state index is 3.61. The molecule has 0 aliphatic carbocycles. The minimum Gasteiger partial charge on any atom is -0.313 e. The average molecular weight is 198 g/mol. The van der Waals surface area contributed by atoms with Crippen LogP contribution in [0.3, 0.4) is 0 Å². The molecule has 1 N–H and O–H groups in total. The maximum Gasteiger partial charge on any atom is 0.0192 e. The van der Waals surface area contributed by atoms with Crippen molar-refractivity contribution in [3.05, 3.63) is 0 Å². The van der Waals surface area contributed by atoms with Crippen molar-refractivity contribution in [3.8, 4) is 0 Å². The second kappa shape index (κ2) is 6.41. The topological polar surface area (TPSA) is 15.3 Å². The van der Waals surface area contributed by atoms with E-state index in [1.54, 1.807) is 0 Å². The van der Waals surface area contributed by atoms with Crippen LogP contribution >= 0.6 is 0 Å². The number of hydrogen-bond donors (Lipinski definition) is 1. The molecule has 0 aromatic carbocycles. The van der Waals surface area contributed by atoms with E-state index in [4.69, 9.17) is 0 Å². The van der Waals surface area contributed by atoms with Crippen LogP contribution in [0.25, 0.3) is 0 Å². The Morgan fingerprint density at radius 3 is 2.86 bits per heavy atom. The van der Waals surface area contributed by atoms with E-state index < -0.39 is 0 Å². The summed E-state index contributed by atoms with van der Waals surface area (Å²) in [5.74, 6) is 0.839. The lowest BCUT2D eigenvalue weighted by molar-refractivity contribution is 0.250. The number of hydrogen-bond acceptors (Lipinski definition) is 2. The van der Waals surface area contributed by atoms with Crippen LogP contribution in [0, 0.1) is 5.92 Å². The van der Waals surface area contributed by atoms with Crippen LogP contribution in [0.5, 0.6) is 0 Å². The third-order valence-electron chi connectivity index (χ3n) is 3.08. The fourth-order valence-electron chi connectivity index (χ4n) is 1.99. The summed E-state index contributed by atoms with van der Waals surface area (Å²) in [6.07, 6.45) is 3.92. The van der Waals surface area contributed by atoms with Gasteiger partial charge in [0.15, 0.2) is 0 Å². The van der Waals surface area contributed by atoms with Gasteiger partial charge in [-0.3, -0.25) is 0 Å². The van der Waals surface area contributed by atoms with Crippen molar-refractivity contribution in [1.29, 1.82) is 0 Å². The predicted octanol–water partition coefficient (Wildman–Crippen LogP) is 2.11. The summed E-state index contributed by atoms with van der Waals surface area (Å²) in [6, 6.07) is 0.727. The molecule has 1 rings (SSSR count). The Kier molecular flexibility index (Phi) is 5.49. The summed E-state index contributed by atoms with van der Waals surface area (Å²) < 4.78 is 0. The Morgan fingerprint density at radius 1 is 1.43 bits per heavy atom. The Hall–Kier alpha value is -0.0800. The Labute approximate surface area is 89.1 Å². The van der Waals surface area contributed by atoms with Crippen molar-refractivity contribution in [3.63, 3.8) is 0 Å². The van der Waals surface area contributed by atoms with Crippen molar-refractivity contribution < 1.29 is 0 Å². The minimum atomic E-state index is 0.727. The quantitative estimate of drug-likeness (QED) is 0.744. The third-order valence-corrected chi connectivity index (χ3v) is 3.08. The average Bonchev–Trinajstić information content (AvgIpc) is 2.39. The fraction of sp³-hybridized carbons (Fsp3) is 1.00. The van der Waals surface area contributed by atoms with Gasteiger partial charge in [0, 0.05) is 12.6 Å². The lowest BCUT2D eigenvalue weighted by Gasteiger charge is -2.24. The molecule has 1 aliphatic rings.